The first-order valence-corrected chi connectivity index (χ1v) is 8.14. The number of rotatable bonds is 5. The molecule has 0 saturated heterocycles. The Hall–Kier alpha value is -2.51. The average Bonchev–Trinajstić information content (AvgIpc) is 3.25. The summed E-state index contributed by atoms with van der Waals surface area (Å²) in [5, 5.41) is 6.08. The highest BCUT2D eigenvalue weighted by molar-refractivity contribution is 7.13. The molecule has 0 spiro atoms. The monoisotopic (exact) mass is 364 g/mol. The van der Waals surface area contributed by atoms with Crippen molar-refractivity contribution in [3.05, 3.63) is 52.0 Å². The molecule has 124 valence electrons. The summed E-state index contributed by atoms with van der Waals surface area (Å²) < 4.78 is 15.6. The van der Waals surface area contributed by atoms with Gasteiger partial charge in [-0.05, 0) is 17.5 Å². The molecule has 0 unspecified atom stereocenters. The van der Waals surface area contributed by atoms with Crippen molar-refractivity contribution in [3.63, 3.8) is 0 Å². The number of thiophene rings is 1. The van der Waals surface area contributed by atoms with Crippen LogP contribution in [0.3, 0.4) is 0 Å². The van der Waals surface area contributed by atoms with Gasteiger partial charge in [-0.1, -0.05) is 22.8 Å². The second kappa shape index (κ2) is 6.94. The third-order valence-electron chi connectivity index (χ3n) is 3.21. The highest BCUT2D eigenvalue weighted by atomic mass is 35.5. The minimum absolute atomic E-state index is 0.0289. The van der Waals surface area contributed by atoms with Gasteiger partial charge in [0.1, 0.15) is 23.6 Å². The zero-order chi connectivity index (χ0) is 17.1. The molecule has 2 aromatic heterocycles. The Kier molecular flexibility index (Phi) is 4.73. The van der Waals surface area contributed by atoms with Crippen LogP contribution in [-0.2, 0) is 11.3 Å². The number of nitrogen functional groups attached to an aromatic ring is 1. The van der Waals surface area contributed by atoms with Crippen molar-refractivity contribution in [1.29, 1.82) is 0 Å². The smallest absolute Gasteiger partial charge is 0.342 e. The molecule has 6 nitrogen and oxygen atoms in total. The van der Waals surface area contributed by atoms with E-state index in [0.717, 1.165) is 4.88 Å². The molecule has 3 aromatic rings. The Morgan fingerprint density at radius 2 is 2.25 bits per heavy atom. The van der Waals surface area contributed by atoms with Crippen molar-refractivity contribution in [2.45, 2.75) is 6.61 Å². The number of carbonyl (C=O) groups is 1. The second-order valence-corrected chi connectivity index (χ2v) is 6.16. The SMILES string of the molecule is COc1cc(N)c(Cl)cc1C(=O)OCc1cc(-c2cccs2)on1. The van der Waals surface area contributed by atoms with Gasteiger partial charge >= 0.3 is 5.97 Å². The Morgan fingerprint density at radius 3 is 2.96 bits per heavy atom. The molecular weight excluding hydrogens is 352 g/mol. The lowest BCUT2D eigenvalue weighted by molar-refractivity contribution is 0.0460. The van der Waals surface area contributed by atoms with E-state index in [1.807, 2.05) is 17.5 Å². The van der Waals surface area contributed by atoms with Crippen molar-refractivity contribution in [2.24, 2.45) is 0 Å². The fourth-order valence-corrected chi connectivity index (χ4v) is 2.87. The van der Waals surface area contributed by atoms with Gasteiger partial charge in [-0.15, -0.1) is 11.3 Å². The molecular formula is C16H13ClN2O4S. The van der Waals surface area contributed by atoms with E-state index in [1.54, 1.807) is 6.07 Å². The van der Waals surface area contributed by atoms with Crippen molar-refractivity contribution in [2.75, 3.05) is 12.8 Å². The molecule has 0 atom stereocenters. The standard InChI is InChI=1S/C16H13ClN2O4S/c1-21-13-7-12(18)11(17)6-10(13)16(20)22-8-9-5-14(23-19-9)15-3-2-4-24-15/h2-7H,8,18H2,1H3. The van der Waals surface area contributed by atoms with Crippen LogP contribution in [0.2, 0.25) is 5.02 Å². The van der Waals surface area contributed by atoms with E-state index < -0.39 is 5.97 Å². The Labute approximate surface area is 146 Å². The van der Waals surface area contributed by atoms with Gasteiger partial charge in [0.15, 0.2) is 5.76 Å². The number of nitrogens with two attached hydrogens (primary N) is 1. The topological polar surface area (TPSA) is 87.6 Å². The molecule has 0 bridgehead atoms. The molecule has 0 amide bonds. The summed E-state index contributed by atoms with van der Waals surface area (Å²) in [5.74, 6) is 0.333. The number of anilines is 1. The lowest BCUT2D eigenvalue weighted by Crippen LogP contribution is -2.08. The van der Waals surface area contributed by atoms with E-state index in [1.165, 1.54) is 30.6 Å². The molecule has 0 fully saturated rings. The number of aromatic nitrogens is 1. The van der Waals surface area contributed by atoms with Gasteiger partial charge in [0.25, 0.3) is 0 Å². The fourth-order valence-electron chi connectivity index (χ4n) is 2.03. The molecule has 8 heteroatoms. The lowest BCUT2D eigenvalue weighted by Gasteiger charge is -2.10. The van der Waals surface area contributed by atoms with Crippen LogP contribution >= 0.6 is 22.9 Å². The van der Waals surface area contributed by atoms with Crippen molar-refractivity contribution in [1.82, 2.24) is 5.16 Å². The van der Waals surface area contributed by atoms with Gasteiger partial charge in [0.2, 0.25) is 0 Å². The molecule has 0 radical (unpaired) electrons. The van der Waals surface area contributed by atoms with Crippen LogP contribution in [-0.4, -0.2) is 18.2 Å². The van der Waals surface area contributed by atoms with Gasteiger partial charge in [0.05, 0.1) is 22.7 Å². The Bertz CT molecular complexity index is 861. The number of esters is 1. The summed E-state index contributed by atoms with van der Waals surface area (Å²) >= 11 is 7.48. The van der Waals surface area contributed by atoms with Crippen LogP contribution in [0.1, 0.15) is 16.1 Å². The lowest BCUT2D eigenvalue weighted by atomic mass is 10.2. The fraction of sp³-hybridized carbons (Fsp3) is 0.125. The number of nitrogens with zero attached hydrogens (tertiary/aromatic N) is 1. The van der Waals surface area contributed by atoms with E-state index in [4.69, 9.17) is 31.3 Å². The maximum atomic E-state index is 12.2. The van der Waals surface area contributed by atoms with Crippen molar-refractivity contribution in [3.8, 4) is 16.4 Å². The summed E-state index contributed by atoms with van der Waals surface area (Å²) in [7, 11) is 1.43. The number of carbonyl (C=O) groups excluding carboxylic acids is 1. The van der Waals surface area contributed by atoms with E-state index in [2.05, 4.69) is 5.16 Å². The minimum Gasteiger partial charge on any atom is -0.496 e. The number of ether oxygens (including phenoxy) is 2. The van der Waals surface area contributed by atoms with E-state index in [0.29, 0.717) is 22.9 Å². The maximum Gasteiger partial charge on any atom is 0.342 e. The third-order valence-corrected chi connectivity index (χ3v) is 4.42. The molecule has 1 aromatic carbocycles. The molecule has 0 aliphatic rings. The van der Waals surface area contributed by atoms with E-state index in [9.17, 15) is 4.79 Å². The molecule has 24 heavy (non-hydrogen) atoms. The van der Waals surface area contributed by atoms with E-state index in [-0.39, 0.29) is 17.2 Å². The number of benzene rings is 1. The predicted octanol–water partition coefficient (Wildman–Crippen LogP) is 4.00. The Balaban J connectivity index is 1.71. The summed E-state index contributed by atoms with van der Waals surface area (Å²) in [6.45, 7) is -0.0289. The predicted molar refractivity (Wildman–Crippen MR) is 91.4 cm³/mol. The van der Waals surface area contributed by atoms with Crippen LogP contribution < -0.4 is 10.5 Å². The zero-order valence-electron chi connectivity index (χ0n) is 12.6. The normalized spacial score (nSPS) is 10.6. The van der Waals surface area contributed by atoms with Crippen LogP contribution in [0.5, 0.6) is 5.75 Å². The van der Waals surface area contributed by atoms with Crippen LogP contribution in [0.4, 0.5) is 5.69 Å². The van der Waals surface area contributed by atoms with Crippen LogP contribution in [0.15, 0.2) is 40.2 Å². The minimum atomic E-state index is -0.588. The van der Waals surface area contributed by atoms with Gasteiger partial charge < -0.3 is 19.7 Å². The highest BCUT2D eigenvalue weighted by Crippen LogP contribution is 2.30. The Morgan fingerprint density at radius 1 is 1.42 bits per heavy atom. The van der Waals surface area contributed by atoms with Crippen molar-refractivity contribution < 1.29 is 18.8 Å². The molecule has 3 rings (SSSR count). The quantitative estimate of drug-likeness (QED) is 0.543. The number of methoxy groups -OCH3 is 1. The van der Waals surface area contributed by atoms with E-state index >= 15 is 0 Å². The first-order valence-electron chi connectivity index (χ1n) is 6.88. The molecule has 2 N–H and O–H groups in total. The van der Waals surface area contributed by atoms with Gasteiger partial charge in [-0.3, -0.25) is 0 Å². The summed E-state index contributed by atoms with van der Waals surface area (Å²) in [6.07, 6.45) is 0. The maximum absolute atomic E-state index is 12.2. The third kappa shape index (κ3) is 3.37. The summed E-state index contributed by atoms with van der Waals surface area (Å²) in [6, 6.07) is 8.45. The molecule has 0 aliphatic carbocycles. The number of hydrogen-bond acceptors (Lipinski definition) is 7. The van der Waals surface area contributed by atoms with Crippen LogP contribution in [0.25, 0.3) is 10.6 Å². The van der Waals surface area contributed by atoms with Gasteiger partial charge in [-0.2, -0.15) is 0 Å². The first-order chi connectivity index (χ1) is 11.6. The first kappa shape index (κ1) is 16.4. The van der Waals surface area contributed by atoms with Crippen molar-refractivity contribution >= 4 is 34.6 Å². The second-order valence-electron chi connectivity index (χ2n) is 4.81. The van der Waals surface area contributed by atoms with Gasteiger partial charge in [0, 0.05) is 12.1 Å². The number of hydrogen-bond donors (Lipinski definition) is 1. The van der Waals surface area contributed by atoms with Crippen LogP contribution in [0, 0.1) is 0 Å². The summed E-state index contributed by atoms with van der Waals surface area (Å²) in [4.78, 5) is 13.2. The van der Waals surface area contributed by atoms with Gasteiger partial charge in [-0.25, -0.2) is 4.79 Å². The number of halogens is 1. The highest BCUT2D eigenvalue weighted by Gasteiger charge is 2.17. The molecule has 2 heterocycles. The zero-order valence-corrected chi connectivity index (χ0v) is 14.2. The molecule has 0 saturated carbocycles. The largest absolute Gasteiger partial charge is 0.496 e. The average molecular weight is 365 g/mol. The summed E-state index contributed by atoms with van der Waals surface area (Å²) in [5.41, 5.74) is 6.72. The molecule has 0 aliphatic heterocycles.